The molecule has 1 saturated carbocycles. The Kier molecular flexibility index (Phi) is 2.80. The highest BCUT2D eigenvalue weighted by atomic mass is 16.1. The van der Waals surface area contributed by atoms with Gasteiger partial charge in [0.15, 0.2) is 0 Å². The van der Waals surface area contributed by atoms with Crippen molar-refractivity contribution in [2.24, 2.45) is 11.7 Å². The topological polar surface area (TPSA) is 70.9 Å². The maximum Gasteiger partial charge on any atom is 0.253 e. The first-order chi connectivity index (χ1) is 8.79. The fourth-order valence-corrected chi connectivity index (χ4v) is 2.39. The molecule has 0 spiro atoms. The maximum atomic E-state index is 12.3. The smallest absolute Gasteiger partial charge is 0.253 e. The van der Waals surface area contributed by atoms with Crippen LogP contribution < -0.4 is 11.1 Å². The van der Waals surface area contributed by atoms with Gasteiger partial charge in [0.25, 0.3) is 5.91 Å². The van der Waals surface area contributed by atoms with E-state index in [1.165, 1.54) is 12.8 Å². The van der Waals surface area contributed by atoms with Gasteiger partial charge in [-0.3, -0.25) is 4.79 Å². The molecule has 1 amide bonds. The number of para-hydroxylation sites is 1. The number of H-pyrrole nitrogens is 1. The summed E-state index contributed by atoms with van der Waals surface area (Å²) in [5.74, 6) is 0.534. The van der Waals surface area contributed by atoms with Crippen molar-refractivity contribution < 1.29 is 4.79 Å². The highest BCUT2D eigenvalue weighted by Gasteiger charge is 2.31. The van der Waals surface area contributed by atoms with Crippen molar-refractivity contribution in [3.8, 4) is 0 Å². The molecule has 4 N–H and O–H groups in total. The first kappa shape index (κ1) is 11.3. The normalized spacial score (nSPS) is 16.7. The fourth-order valence-electron chi connectivity index (χ4n) is 2.39. The minimum atomic E-state index is -0.0367. The molecule has 4 heteroatoms. The third-order valence-electron chi connectivity index (χ3n) is 3.59. The van der Waals surface area contributed by atoms with Crippen LogP contribution in [-0.4, -0.2) is 23.5 Å². The Morgan fingerprint density at radius 2 is 2.28 bits per heavy atom. The zero-order valence-corrected chi connectivity index (χ0v) is 10.1. The van der Waals surface area contributed by atoms with Gasteiger partial charge in [0.1, 0.15) is 0 Å². The minimum absolute atomic E-state index is 0.0367. The van der Waals surface area contributed by atoms with Crippen molar-refractivity contribution in [3.63, 3.8) is 0 Å². The van der Waals surface area contributed by atoms with Crippen molar-refractivity contribution in [2.45, 2.75) is 18.9 Å². The number of hydrogen-bond acceptors (Lipinski definition) is 2. The largest absolute Gasteiger partial charge is 0.361 e. The third kappa shape index (κ3) is 1.99. The molecule has 1 heterocycles. The monoisotopic (exact) mass is 243 g/mol. The first-order valence-electron chi connectivity index (χ1n) is 6.36. The van der Waals surface area contributed by atoms with Crippen LogP contribution in [0.3, 0.4) is 0 Å². The predicted molar refractivity (Wildman–Crippen MR) is 71.3 cm³/mol. The molecule has 0 aliphatic heterocycles. The number of hydrogen-bond donors (Lipinski definition) is 3. The number of rotatable bonds is 4. The number of nitrogens with one attached hydrogen (secondary N) is 2. The van der Waals surface area contributed by atoms with E-state index in [4.69, 9.17) is 5.73 Å². The Bertz CT molecular complexity index is 571. The number of aromatic amines is 1. The molecule has 0 radical (unpaired) electrons. The van der Waals surface area contributed by atoms with Gasteiger partial charge in [-0.1, -0.05) is 12.1 Å². The molecular weight excluding hydrogens is 226 g/mol. The second-order valence-electron chi connectivity index (χ2n) is 4.90. The Morgan fingerprint density at radius 1 is 1.44 bits per heavy atom. The Balaban J connectivity index is 1.85. The van der Waals surface area contributed by atoms with Crippen molar-refractivity contribution in [1.29, 1.82) is 0 Å². The second kappa shape index (κ2) is 4.46. The summed E-state index contributed by atoms with van der Waals surface area (Å²) in [5.41, 5.74) is 7.29. The van der Waals surface area contributed by atoms with Gasteiger partial charge in [0, 0.05) is 24.2 Å². The van der Waals surface area contributed by atoms with E-state index in [0.29, 0.717) is 18.0 Å². The maximum absolute atomic E-state index is 12.3. The van der Waals surface area contributed by atoms with Gasteiger partial charge < -0.3 is 16.0 Å². The number of aromatic nitrogens is 1. The molecule has 1 aliphatic rings. The summed E-state index contributed by atoms with van der Waals surface area (Å²) < 4.78 is 0. The van der Waals surface area contributed by atoms with Gasteiger partial charge in [-0.2, -0.15) is 0 Å². The van der Waals surface area contributed by atoms with Gasteiger partial charge in [-0.05, 0) is 30.9 Å². The minimum Gasteiger partial charge on any atom is -0.361 e. The lowest BCUT2D eigenvalue weighted by Crippen LogP contribution is -2.41. The Hall–Kier alpha value is -1.81. The Labute approximate surface area is 106 Å². The summed E-state index contributed by atoms with van der Waals surface area (Å²) in [6.07, 6.45) is 4.20. The number of benzene rings is 1. The van der Waals surface area contributed by atoms with E-state index in [1.54, 1.807) is 0 Å². The van der Waals surface area contributed by atoms with Crippen LogP contribution in [0, 0.1) is 5.92 Å². The van der Waals surface area contributed by atoms with Crippen LogP contribution >= 0.6 is 0 Å². The molecule has 0 saturated heterocycles. The number of carbonyl (C=O) groups excluding carboxylic acids is 1. The quantitative estimate of drug-likeness (QED) is 0.764. The molecular formula is C14H17N3O. The van der Waals surface area contributed by atoms with E-state index in [-0.39, 0.29) is 11.9 Å². The van der Waals surface area contributed by atoms with Gasteiger partial charge in [0.2, 0.25) is 0 Å². The molecule has 2 aromatic rings. The predicted octanol–water partition coefficient (Wildman–Crippen LogP) is 1.64. The van der Waals surface area contributed by atoms with Crippen LogP contribution in [-0.2, 0) is 0 Å². The second-order valence-corrected chi connectivity index (χ2v) is 4.90. The van der Waals surface area contributed by atoms with Crippen LogP contribution in [0.15, 0.2) is 30.5 Å². The summed E-state index contributed by atoms with van der Waals surface area (Å²) in [5, 5.41) is 4.10. The molecule has 1 aliphatic carbocycles. The molecule has 94 valence electrons. The summed E-state index contributed by atoms with van der Waals surface area (Å²) in [4.78, 5) is 15.4. The fraction of sp³-hybridized carbons (Fsp3) is 0.357. The van der Waals surface area contributed by atoms with E-state index < -0.39 is 0 Å². The first-order valence-corrected chi connectivity index (χ1v) is 6.36. The molecule has 1 fully saturated rings. The van der Waals surface area contributed by atoms with Gasteiger partial charge >= 0.3 is 0 Å². The number of carbonyl (C=O) groups is 1. The molecule has 4 nitrogen and oxygen atoms in total. The van der Waals surface area contributed by atoms with Crippen LogP contribution in [0.2, 0.25) is 0 Å². The summed E-state index contributed by atoms with van der Waals surface area (Å²) in [7, 11) is 0. The standard InChI is InChI=1S/C14H17N3O/c15-8-12(9-4-5-9)17-14(18)11-3-1-2-10-6-7-16-13(10)11/h1-3,6-7,9,12,16H,4-5,8,15H2,(H,17,18). The SMILES string of the molecule is NCC(NC(=O)c1cccc2cc[nH]c12)C1CC1. The van der Waals surface area contributed by atoms with Crippen molar-refractivity contribution in [1.82, 2.24) is 10.3 Å². The summed E-state index contributed by atoms with van der Waals surface area (Å²) in [6, 6.07) is 7.81. The third-order valence-corrected chi connectivity index (χ3v) is 3.59. The van der Waals surface area contributed by atoms with Crippen LogP contribution in [0.5, 0.6) is 0 Å². The molecule has 0 bridgehead atoms. The zero-order valence-electron chi connectivity index (χ0n) is 10.1. The highest BCUT2D eigenvalue weighted by molar-refractivity contribution is 6.05. The molecule has 1 aromatic heterocycles. The van der Waals surface area contributed by atoms with E-state index in [9.17, 15) is 4.79 Å². The van der Waals surface area contributed by atoms with E-state index >= 15 is 0 Å². The van der Waals surface area contributed by atoms with Crippen LogP contribution in [0.4, 0.5) is 0 Å². The molecule has 3 rings (SSSR count). The molecule has 1 aromatic carbocycles. The summed E-state index contributed by atoms with van der Waals surface area (Å²) >= 11 is 0. The summed E-state index contributed by atoms with van der Waals surface area (Å²) in [6.45, 7) is 0.511. The number of fused-ring (bicyclic) bond motifs is 1. The number of amides is 1. The lowest BCUT2D eigenvalue weighted by atomic mass is 10.1. The van der Waals surface area contributed by atoms with Crippen LogP contribution in [0.25, 0.3) is 10.9 Å². The average molecular weight is 243 g/mol. The molecule has 18 heavy (non-hydrogen) atoms. The van der Waals surface area contributed by atoms with Gasteiger partial charge in [0.05, 0.1) is 11.1 Å². The van der Waals surface area contributed by atoms with Crippen molar-refractivity contribution in [2.75, 3.05) is 6.54 Å². The van der Waals surface area contributed by atoms with Gasteiger partial charge in [-0.15, -0.1) is 0 Å². The van der Waals surface area contributed by atoms with Gasteiger partial charge in [-0.25, -0.2) is 0 Å². The lowest BCUT2D eigenvalue weighted by molar-refractivity contribution is 0.0935. The van der Waals surface area contributed by atoms with Crippen molar-refractivity contribution >= 4 is 16.8 Å². The average Bonchev–Trinajstić information content (AvgIpc) is 3.11. The number of nitrogens with two attached hydrogens (primary N) is 1. The van der Waals surface area contributed by atoms with E-state index in [1.807, 2.05) is 30.5 Å². The zero-order chi connectivity index (χ0) is 12.5. The van der Waals surface area contributed by atoms with Crippen molar-refractivity contribution in [3.05, 3.63) is 36.0 Å². The molecule has 1 unspecified atom stereocenters. The molecule has 1 atom stereocenters. The lowest BCUT2D eigenvalue weighted by Gasteiger charge is -2.16. The van der Waals surface area contributed by atoms with E-state index in [0.717, 1.165) is 10.9 Å². The highest BCUT2D eigenvalue weighted by Crippen LogP contribution is 2.32. The Morgan fingerprint density at radius 3 is 3.00 bits per heavy atom. The van der Waals surface area contributed by atoms with E-state index in [2.05, 4.69) is 10.3 Å². The van der Waals surface area contributed by atoms with Crippen LogP contribution in [0.1, 0.15) is 23.2 Å².